The van der Waals surface area contributed by atoms with Gasteiger partial charge in [-0.1, -0.05) is 12.1 Å². The molecule has 0 aliphatic heterocycles. The van der Waals surface area contributed by atoms with Crippen LogP contribution in [0.2, 0.25) is 0 Å². The van der Waals surface area contributed by atoms with Crippen LogP contribution in [0.3, 0.4) is 0 Å². The van der Waals surface area contributed by atoms with Crippen molar-refractivity contribution in [3.63, 3.8) is 0 Å². The van der Waals surface area contributed by atoms with Crippen molar-refractivity contribution in [1.29, 1.82) is 0 Å². The number of halogens is 1. The molecule has 1 fully saturated rings. The molecule has 0 amide bonds. The van der Waals surface area contributed by atoms with E-state index in [1.165, 1.54) is 25.0 Å². The van der Waals surface area contributed by atoms with Crippen molar-refractivity contribution >= 4 is 5.69 Å². The largest absolute Gasteiger partial charge is 0.496 e. The van der Waals surface area contributed by atoms with Gasteiger partial charge in [0.25, 0.3) is 0 Å². The van der Waals surface area contributed by atoms with Gasteiger partial charge < -0.3 is 10.1 Å². The number of anilines is 1. The summed E-state index contributed by atoms with van der Waals surface area (Å²) in [7, 11) is 1.68. The summed E-state index contributed by atoms with van der Waals surface area (Å²) in [4.78, 5) is 0. The highest BCUT2D eigenvalue weighted by molar-refractivity contribution is 5.52. The molecular formula is C18H20FNO. The maximum atomic E-state index is 13.1. The highest BCUT2D eigenvalue weighted by Crippen LogP contribution is 2.43. The summed E-state index contributed by atoms with van der Waals surface area (Å²) < 4.78 is 18.4. The van der Waals surface area contributed by atoms with Crippen molar-refractivity contribution in [2.75, 3.05) is 12.4 Å². The monoisotopic (exact) mass is 285 g/mol. The smallest absolute Gasteiger partial charge is 0.123 e. The number of methoxy groups -OCH3 is 1. The zero-order chi connectivity index (χ0) is 14.8. The lowest BCUT2D eigenvalue weighted by Crippen LogP contribution is -2.13. The van der Waals surface area contributed by atoms with Gasteiger partial charge >= 0.3 is 0 Å². The Hall–Kier alpha value is -2.03. The minimum Gasteiger partial charge on any atom is -0.496 e. The van der Waals surface area contributed by atoms with E-state index >= 15 is 0 Å². The number of nitrogens with one attached hydrogen (secondary N) is 1. The van der Waals surface area contributed by atoms with Crippen LogP contribution in [-0.4, -0.2) is 7.11 Å². The Bertz CT molecular complexity index is 620. The maximum absolute atomic E-state index is 13.1. The number of hydrogen-bond acceptors (Lipinski definition) is 2. The minimum atomic E-state index is -0.186. The fourth-order valence-electron chi connectivity index (χ4n) is 2.72. The highest BCUT2D eigenvalue weighted by atomic mass is 19.1. The van der Waals surface area contributed by atoms with Crippen LogP contribution in [0.15, 0.2) is 42.5 Å². The molecule has 1 aliphatic rings. The fraction of sp³-hybridized carbons (Fsp3) is 0.333. The number of hydrogen-bond donors (Lipinski definition) is 1. The van der Waals surface area contributed by atoms with Crippen LogP contribution >= 0.6 is 0 Å². The van der Waals surface area contributed by atoms with Crippen LogP contribution in [0.1, 0.15) is 30.0 Å². The molecule has 0 spiro atoms. The normalized spacial score (nSPS) is 15.6. The molecule has 0 aromatic heterocycles. The van der Waals surface area contributed by atoms with Crippen molar-refractivity contribution in [3.8, 4) is 5.75 Å². The Morgan fingerprint density at radius 2 is 1.86 bits per heavy atom. The predicted molar refractivity (Wildman–Crippen MR) is 83.2 cm³/mol. The summed E-state index contributed by atoms with van der Waals surface area (Å²) in [6.07, 6.45) is 2.45. The first kappa shape index (κ1) is 13.9. The summed E-state index contributed by atoms with van der Waals surface area (Å²) in [5.41, 5.74) is 3.33. The third-order valence-corrected chi connectivity index (χ3v) is 4.04. The lowest BCUT2D eigenvalue weighted by atomic mass is 10.0. The lowest BCUT2D eigenvalue weighted by molar-refractivity contribution is 0.412. The third-order valence-electron chi connectivity index (χ3n) is 4.04. The summed E-state index contributed by atoms with van der Waals surface area (Å²) in [6.45, 7) is 2.04. The summed E-state index contributed by atoms with van der Waals surface area (Å²) in [5, 5.41) is 3.59. The van der Waals surface area contributed by atoms with Gasteiger partial charge in [-0.25, -0.2) is 4.39 Å². The van der Waals surface area contributed by atoms with Gasteiger partial charge in [0.1, 0.15) is 11.6 Å². The molecule has 3 heteroatoms. The molecule has 2 aromatic rings. The molecular weight excluding hydrogens is 265 g/mol. The summed E-state index contributed by atoms with van der Waals surface area (Å²) in [5.74, 6) is 1.34. The molecule has 0 saturated heterocycles. The molecule has 1 unspecified atom stereocenters. The molecule has 2 nitrogen and oxygen atoms in total. The van der Waals surface area contributed by atoms with Gasteiger partial charge in [-0.2, -0.15) is 0 Å². The third kappa shape index (κ3) is 3.18. The van der Waals surface area contributed by atoms with E-state index < -0.39 is 0 Å². The zero-order valence-electron chi connectivity index (χ0n) is 12.4. The maximum Gasteiger partial charge on any atom is 0.123 e. The van der Waals surface area contributed by atoms with Crippen LogP contribution in [0.25, 0.3) is 0 Å². The first-order valence-electron chi connectivity index (χ1n) is 7.34. The van der Waals surface area contributed by atoms with E-state index in [0.29, 0.717) is 5.92 Å². The average Bonchev–Trinajstić information content (AvgIpc) is 3.31. The number of ether oxygens (including phenoxy) is 1. The first-order chi connectivity index (χ1) is 10.2. The lowest BCUT2D eigenvalue weighted by Gasteiger charge is -2.21. The van der Waals surface area contributed by atoms with Gasteiger partial charge in [0, 0.05) is 5.69 Å². The van der Waals surface area contributed by atoms with Crippen molar-refractivity contribution < 1.29 is 9.13 Å². The number of benzene rings is 2. The van der Waals surface area contributed by atoms with Crippen LogP contribution in [0, 0.1) is 18.7 Å². The molecule has 21 heavy (non-hydrogen) atoms. The second-order valence-corrected chi connectivity index (χ2v) is 5.70. The second-order valence-electron chi connectivity index (χ2n) is 5.70. The van der Waals surface area contributed by atoms with Crippen molar-refractivity contribution in [2.24, 2.45) is 5.92 Å². The quantitative estimate of drug-likeness (QED) is 0.859. The van der Waals surface area contributed by atoms with Crippen molar-refractivity contribution in [3.05, 3.63) is 59.4 Å². The van der Waals surface area contributed by atoms with Gasteiger partial charge in [0.2, 0.25) is 0 Å². The highest BCUT2D eigenvalue weighted by Gasteiger charge is 2.32. The van der Waals surface area contributed by atoms with Crippen LogP contribution < -0.4 is 10.1 Å². The Balaban J connectivity index is 1.82. The summed E-state index contributed by atoms with van der Waals surface area (Å²) in [6, 6.07) is 13.2. The molecule has 0 bridgehead atoms. The van der Waals surface area contributed by atoms with Gasteiger partial charge in [-0.05, 0) is 67.1 Å². The van der Waals surface area contributed by atoms with E-state index in [0.717, 1.165) is 22.6 Å². The summed E-state index contributed by atoms with van der Waals surface area (Å²) >= 11 is 0. The predicted octanol–water partition coefficient (Wildman–Crippen LogP) is 4.71. The molecule has 1 aliphatic carbocycles. The van der Waals surface area contributed by atoms with Gasteiger partial charge in [0.05, 0.1) is 13.2 Å². The molecule has 2 aromatic carbocycles. The van der Waals surface area contributed by atoms with Crippen LogP contribution in [0.5, 0.6) is 5.75 Å². The second kappa shape index (κ2) is 5.76. The number of aryl methyl sites for hydroxylation is 1. The fourth-order valence-corrected chi connectivity index (χ4v) is 2.72. The minimum absolute atomic E-state index is 0.186. The first-order valence-corrected chi connectivity index (χ1v) is 7.34. The van der Waals surface area contributed by atoms with Crippen LogP contribution in [-0.2, 0) is 0 Å². The average molecular weight is 285 g/mol. The Morgan fingerprint density at radius 3 is 2.43 bits per heavy atom. The molecule has 1 saturated carbocycles. The molecule has 0 radical (unpaired) electrons. The van der Waals surface area contributed by atoms with Crippen LogP contribution in [0.4, 0.5) is 10.1 Å². The topological polar surface area (TPSA) is 21.3 Å². The molecule has 110 valence electrons. The van der Waals surface area contributed by atoms with E-state index in [-0.39, 0.29) is 11.9 Å². The Morgan fingerprint density at radius 1 is 1.14 bits per heavy atom. The Labute approximate surface area is 125 Å². The van der Waals surface area contributed by atoms with Gasteiger partial charge in [0.15, 0.2) is 0 Å². The Kier molecular flexibility index (Phi) is 3.82. The van der Waals surface area contributed by atoms with E-state index in [1.54, 1.807) is 7.11 Å². The molecule has 3 rings (SSSR count). The van der Waals surface area contributed by atoms with Crippen molar-refractivity contribution in [1.82, 2.24) is 0 Å². The van der Waals surface area contributed by atoms with Gasteiger partial charge in [-0.3, -0.25) is 0 Å². The van der Waals surface area contributed by atoms with Crippen molar-refractivity contribution in [2.45, 2.75) is 25.8 Å². The molecule has 0 heterocycles. The number of rotatable bonds is 5. The van der Waals surface area contributed by atoms with E-state index in [1.807, 2.05) is 31.2 Å². The zero-order valence-corrected chi connectivity index (χ0v) is 12.4. The van der Waals surface area contributed by atoms with E-state index in [9.17, 15) is 4.39 Å². The van der Waals surface area contributed by atoms with Gasteiger partial charge in [-0.15, -0.1) is 0 Å². The molecule has 1 atom stereocenters. The standard InChI is InChI=1S/C18H20FNO/c1-12-11-16(9-10-17(12)21-2)20-18(13-3-4-13)14-5-7-15(19)8-6-14/h5-11,13,18,20H,3-4H2,1-2H3. The molecule has 1 N–H and O–H groups in total. The SMILES string of the molecule is COc1ccc(NC(c2ccc(F)cc2)C2CC2)cc1C. The van der Waals surface area contributed by atoms with E-state index in [2.05, 4.69) is 11.4 Å². The van der Waals surface area contributed by atoms with E-state index in [4.69, 9.17) is 4.74 Å².